The Kier molecular flexibility index (Phi) is 7.90. The van der Waals surface area contributed by atoms with E-state index in [1.54, 1.807) is 30.3 Å². The van der Waals surface area contributed by atoms with Gasteiger partial charge in [-0.15, -0.1) is 12.4 Å². The predicted molar refractivity (Wildman–Crippen MR) is 110 cm³/mol. The third kappa shape index (κ3) is 6.39. The molecule has 9 heteroatoms. The molecule has 3 aromatic rings. The van der Waals surface area contributed by atoms with Gasteiger partial charge in [-0.25, -0.2) is 9.37 Å². The summed E-state index contributed by atoms with van der Waals surface area (Å²) in [5, 5.41) is 9.00. The normalized spacial score (nSPS) is 11.4. The number of benzene rings is 1. The molecule has 0 aliphatic heterocycles. The van der Waals surface area contributed by atoms with Gasteiger partial charge in [0.2, 0.25) is 0 Å². The van der Waals surface area contributed by atoms with Crippen LogP contribution < -0.4 is 10.5 Å². The number of nitrogens with two attached hydrogens (primary N) is 1. The van der Waals surface area contributed by atoms with Crippen molar-refractivity contribution >= 4 is 30.0 Å². The van der Waals surface area contributed by atoms with Crippen molar-refractivity contribution in [2.45, 2.75) is 18.9 Å². The number of carbonyl (C=O) groups is 1. The number of hydrogen-bond donors (Lipinski definition) is 2. The Morgan fingerprint density at radius 2 is 1.97 bits per heavy atom. The summed E-state index contributed by atoms with van der Waals surface area (Å²) in [5.41, 5.74) is 8.07. The van der Waals surface area contributed by atoms with Crippen molar-refractivity contribution in [1.29, 1.82) is 0 Å². The van der Waals surface area contributed by atoms with Crippen molar-refractivity contribution in [2.75, 3.05) is 0 Å². The van der Waals surface area contributed by atoms with Crippen LogP contribution in [0.5, 0.6) is 11.6 Å². The minimum absolute atomic E-state index is 0. The lowest BCUT2D eigenvalue weighted by Gasteiger charge is -2.10. The second kappa shape index (κ2) is 10.2. The quantitative estimate of drug-likeness (QED) is 0.564. The Bertz CT molecular complexity index is 987. The standard InChI is InChI=1S/C20H17ClFN3O3.ClH/c21-13-8-17(22)20(24-11-13)28-16-6-4-12(5-7-16)18-3-1-2-15(25-18)9-14(23)10-19(26)27;/h1-8,11,14H,9-10,23H2,(H,26,27);1H. The molecule has 0 bridgehead atoms. The molecule has 0 spiro atoms. The summed E-state index contributed by atoms with van der Waals surface area (Å²) in [5.74, 6) is -1.34. The third-order valence-corrected chi connectivity index (χ3v) is 4.06. The van der Waals surface area contributed by atoms with Crippen molar-refractivity contribution in [3.8, 4) is 22.9 Å². The molecule has 0 saturated heterocycles. The first-order valence-electron chi connectivity index (χ1n) is 8.43. The number of rotatable bonds is 7. The van der Waals surface area contributed by atoms with Crippen LogP contribution in [0.2, 0.25) is 5.02 Å². The second-order valence-corrected chi connectivity index (χ2v) is 6.58. The lowest BCUT2D eigenvalue weighted by molar-refractivity contribution is -0.137. The molecule has 0 aliphatic carbocycles. The Morgan fingerprint density at radius 1 is 1.24 bits per heavy atom. The molecule has 0 amide bonds. The van der Waals surface area contributed by atoms with Gasteiger partial charge in [0, 0.05) is 29.9 Å². The Balaban J connectivity index is 0.00000300. The average Bonchev–Trinajstić information content (AvgIpc) is 2.64. The van der Waals surface area contributed by atoms with Crippen LogP contribution in [-0.2, 0) is 11.2 Å². The topological polar surface area (TPSA) is 98.3 Å². The van der Waals surface area contributed by atoms with E-state index in [9.17, 15) is 9.18 Å². The van der Waals surface area contributed by atoms with Gasteiger partial charge < -0.3 is 15.6 Å². The van der Waals surface area contributed by atoms with Crippen LogP contribution in [0.3, 0.4) is 0 Å². The number of pyridine rings is 2. The van der Waals surface area contributed by atoms with Gasteiger partial charge in [-0.1, -0.05) is 17.7 Å². The molecule has 0 aliphatic rings. The maximum Gasteiger partial charge on any atom is 0.304 e. The van der Waals surface area contributed by atoms with E-state index >= 15 is 0 Å². The molecule has 152 valence electrons. The van der Waals surface area contributed by atoms with Crippen molar-refractivity contribution in [2.24, 2.45) is 5.73 Å². The van der Waals surface area contributed by atoms with Crippen molar-refractivity contribution in [3.05, 3.63) is 71.3 Å². The van der Waals surface area contributed by atoms with Gasteiger partial charge in [-0.05, 0) is 42.5 Å². The fourth-order valence-electron chi connectivity index (χ4n) is 2.60. The minimum Gasteiger partial charge on any atom is -0.481 e. The zero-order valence-electron chi connectivity index (χ0n) is 15.1. The van der Waals surface area contributed by atoms with E-state index in [4.69, 9.17) is 27.2 Å². The van der Waals surface area contributed by atoms with Crippen LogP contribution >= 0.6 is 24.0 Å². The number of aliphatic carboxylic acids is 1. The summed E-state index contributed by atoms with van der Waals surface area (Å²) < 4.78 is 19.2. The van der Waals surface area contributed by atoms with Crippen LogP contribution in [0.15, 0.2) is 54.7 Å². The van der Waals surface area contributed by atoms with Gasteiger partial charge in [-0.2, -0.15) is 0 Å². The Hall–Kier alpha value is -2.74. The molecule has 2 heterocycles. The van der Waals surface area contributed by atoms with E-state index in [1.165, 1.54) is 6.20 Å². The second-order valence-electron chi connectivity index (χ2n) is 6.14. The summed E-state index contributed by atoms with van der Waals surface area (Å²) >= 11 is 5.68. The lowest BCUT2D eigenvalue weighted by Crippen LogP contribution is -2.26. The molecular weight excluding hydrogens is 420 g/mol. The van der Waals surface area contributed by atoms with Crippen LogP contribution in [0.1, 0.15) is 12.1 Å². The fourth-order valence-corrected chi connectivity index (χ4v) is 2.75. The Labute approximate surface area is 177 Å². The molecule has 1 unspecified atom stereocenters. The summed E-state index contributed by atoms with van der Waals surface area (Å²) in [6, 6.07) is 13.0. The van der Waals surface area contributed by atoms with E-state index in [0.717, 1.165) is 11.6 Å². The maximum atomic E-state index is 13.8. The highest BCUT2D eigenvalue weighted by molar-refractivity contribution is 6.30. The van der Waals surface area contributed by atoms with Crippen LogP contribution in [0.25, 0.3) is 11.3 Å². The van der Waals surface area contributed by atoms with Crippen molar-refractivity contribution in [1.82, 2.24) is 9.97 Å². The minimum atomic E-state index is -0.939. The molecule has 1 atom stereocenters. The molecular formula is C20H18Cl2FN3O3. The monoisotopic (exact) mass is 437 g/mol. The molecule has 29 heavy (non-hydrogen) atoms. The molecule has 6 nitrogen and oxygen atoms in total. The van der Waals surface area contributed by atoms with Crippen LogP contribution in [0, 0.1) is 5.82 Å². The van der Waals surface area contributed by atoms with Gasteiger partial charge >= 0.3 is 5.97 Å². The van der Waals surface area contributed by atoms with E-state index in [1.807, 2.05) is 12.1 Å². The molecule has 3 N–H and O–H groups in total. The number of carboxylic acid groups (broad SMARTS) is 1. The van der Waals surface area contributed by atoms with E-state index < -0.39 is 17.8 Å². The smallest absolute Gasteiger partial charge is 0.304 e. The van der Waals surface area contributed by atoms with E-state index in [-0.39, 0.29) is 29.7 Å². The number of ether oxygens (including phenoxy) is 1. The number of aromatic nitrogens is 2. The van der Waals surface area contributed by atoms with Gasteiger partial charge in [0.05, 0.1) is 17.1 Å². The largest absolute Gasteiger partial charge is 0.481 e. The fraction of sp³-hybridized carbons (Fsp3) is 0.150. The predicted octanol–water partition coefficient (Wildman–Crippen LogP) is 4.49. The first-order valence-corrected chi connectivity index (χ1v) is 8.81. The SMILES string of the molecule is Cl.NC(CC(=O)O)Cc1cccc(-c2ccc(Oc3ncc(Cl)cc3F)cc2)n1. The van der Waals surface area contributed by atoms with Crippen LogP contribution in [0.4, 0.5) is 4.39 Å². The first-order chi connectivity index (χ1) is 13.4. The van der Waals surface area contributed by atoms with Crippen molar-refractivity contribution in [3.63, 3.8) is 0 Å². The van der Waals surface area contributed by atoms with Crippen LogP contribution in [-0.4, -0.2) is 27.1 Å². The molecule has 3 rings (SSSR count). The molecule has 2 aromatic heterocycles. The van der Waals surface area contributed by atoms with E-state index in [2.05, 4.69) is 9.97 Å². The van der Waals surface area contributed by atoms with Gasteiger partial charge in [0.15, 0.2) is 5.82 Å². The highest BCUT2D eigenvalue weighted by Crippen LogP contribution is 2.26. The third-order valence-electron chi connectivity index (χ3n) is 3.85. The Morgan fingerprint density at radius 3 is 2.62 bits per heavy atom. The van der Waals surface area contributed by atoms with Gasteiger partial charge in [0.25, 0.3) is 5.88 Å². The van der Waals surface area contributed by atoms with Gasteiger partial charge in [0.1, 0.15) is 5.75 Å². The summed E-state index contributed by atoms with van der Waals surface area (Å²) in [7, 11) is 0. The highest BCUT2D eigenvalue weighted by Gasteiger charge is 2.11. The van der Waals surface area contributed by atoms with E-state index in [0.29, 0.717) is 23.6 Å². The maximum absolute atomic E-state index is 13.8. The molecule has 0 radical (unpaired) electrons. The molecule has 0 fully saturated rings. The zero-order chi connectivity index (χ0) is 20.1. The first kappa shape index (κ1) is 22.5. The van der Waals surface area contributed by atoms with Crippen molar-refractivity contribution < 1.29 is 19.0 Å². The summed E-state index contributed by atoms with van der Waals surface area (Å²) in [6.07, 6.45) is 1.55. The number of halogens is 3. The summed E-state index contributed by atoms with van der Waals surface area (Å²) in [6.45, 7) is 0. The lowest BCUT2D eigenvalue weighted by atomic mass is 10.1. The number of hydrogen-bond acceptors (Lipinski definition) is 5. The molecule has 0 saturated carbocycles. The van der Waals surface area contributed by atoms with Gasteiger partial charge in [-0.3, -0.25) is 9.78 Å². The molecule has 1 aromatic carbocycles. The average molecular weight is 438 g/mol. The summed E-state index contributed by atoms with van der Waals surface area (Å²) in [4.78, 5) is 19.1. The highest BCUT2D eigenvalue weighted by atomic mass is 35.5. The zero-order valence-corrected chi connectivity index (χ0v) is 16.7. The number of nitrogens with zero attached hydrogens (tertiary/aromatic N) is 2. The number of carboxylic acids is 1.